The van der Waals surface area contributed by atoms with Crippen LogP contribution < -0.4 is 5.32 Å². The first kappa shape index (κ1) is 22.0. The summed E-state index contributed by atoms with van der Waals surface area (Å²) in [6.07, 6.45) is 0. The van der Waals surface area contributed by atoms with Gasteiger partial charge in [-0.1, -0.05) is 13.8 Å². The van der Waals surface area contributed by atoms with Gasteiger partial charge in [-0.3, -0.25) is 9.89 Å². The van der Waals surface area contributed by atoms with Crippen molar-refractivity contribution in [3.8, 4) is 0 Å². The summed E-state index contributed by atoms with van der Waals surface area (Å²) in [6.45, 7) is 21.5. The topological polar surface area (TPSA) is 40.1 Å². The molecule has 0 aromatic rings. The quantitative estimate of drug-likeness (QED) is 0.405. The van der Waals surface area contributed by atoms with Crippen molar-refractivity contribution < 1.29 is 4.74 Å². The van der Waals surface area contributed by atoms with Crippen LogP contribution in [0.3, 0.4) is 0 Å². The molecule has 2 saturated heterocycles. The van der Waals surface area contributed by atoms with Crippen LogP contribution in [0.5, 0.6) is 0 Å². The Bertz CT molecular complexity index is 439. The molecule has 2 fully saturated rings. The van der Waals surface area contributed by atoms with Gasteiger partial charge in [0, 0.05) is 42.7 Å². The van der Waals surface area contributed by atoms with E-state index in [-0.39, 0.29) is 29.5 Å². The molecule has 2 aliphatic heterocycles. The molecule has 0 saturated carbocycles. The van der Waals surface area contributed by atoms with Crippen molar-refractivity contribution in [1.29, 1.82) is 0 Å². The van der Waals surface area contributed by atoms with E-state index in [1.54, 1.807) is 0 Å². The van der Waals surface area contributed by atoms with Gasteiger partial charge in [-0.05, 0) is 34.6 Å². The summed E-state index contributed by atoms with van der Waals surface area (Å²) in [7, 11) is 0. The maximum atomic E-state index is 5.54. The van der Waals surface area contributed by atoms with Crippen LogP contribution in [-0.2, 0) is 4.74 Å². The lowest BCUT2D eigenvalue weighted by molar-refractivity contribution is -0.0669. The number of nitrogens with one attached hydrogen (secondary N) is 1. The summed E-state index contributed by atoms with van der Waals surface area (Å²) >= 11 is 0. The number of ether oxygens (including phenoxy) is 1. The Morgan fingerprint density at radius 3 is 2.50 bits per heavy atom. The lowest BCUT2D eigenvalue weighted by Gasteiger charge is -2.62. The molecule has 2 rings (SSSR count). The Kier molecular flexibility index (Phi) is 7.81. The largest absolute Gasteiger partial charge is 0.379 e. The molecule has 142 valence electrons. The number of morpholine rings is 1. The lowest BCUT2D eigenvalue weighted by atomic mass is 9.65. The molecule has 24 heavy (non-hydrogen) atoms. The average molecular weight is 452 g/mol. The molecule has 2 unspecified atom stereocenters. The number of hydrogen-bond donors (Lipinski definition) is 1. The minimum absolute atomic E-state index is 0. The standard InChI is InChI=1S/C18H36N4O.HI/c1-8-19-16(22-13-17(4,5)18(22,6)7)20-11-14(2)21-9-10-23-12-15(21)3;/h14-15H,8-13H2,1-7H3,(H,19,20);1H. The molecule has 0 aromatic heterocycles. The molecule has 6 heteroatoms. The van der Waals surface area contributed by atoms with Crippen LogP contribution >= 0.6 is 24.0 Å². The summed E-state index contributed by atoms with van der Waals surface area (Å²) in [4.78, 5) is 9.89. The third-order valence-electron chi connectivity index (χ3n) is 5.97. The number of nitrogens with zero attached hydrogens (tertiary/aromatic N) is 3. The first-order chi connectivity index (χ1) is 10.7. The average Bonchev–Trinajstić information content (AvgIpc) is 2.49. The van der Waals surface area contributed by atoms with Crippen LogP contribution in [0.2, 0.25) is 0 Å². The van der Waals surface area contributed by atoms with Gasteiger partial charge in [-0.15, -0.1) is 24.0 Å². The predicted octanol–water partition coefficient (Wildman–Crippen LogP) is 2.80. The molecule has 0 bridgehead atoms. The zero-order valence-electron chi connectivity index (χ0n) is 16.6. The summed E-state index contributed by atoms with van der Waals surface area (Å²) in [5.74, 6) is 1.06. The normalized spacial score (nSPS) is 27.9. The molecule has 2 atom stereocenters. The van der Waals surface area contributed by atoms with Crippen molar-refractivity contribution in [1.82, 2.24) is 15.1 Å². The Balaban J connectivity index is 0.00000288. The summed E-state index contributed by atoms with van der Waals surface area (Å²) in [5, 5.41) is 3.48. The highest BCUT2D eigenvalue weighted by Crippen LogP contribution is 2.46. The molecule has 0 aliphatic carbocycles. The van der Waals surface area contributed by atoms with Crippen LogP contribution in [-0.4, -0.2) is 72.8 Å². The first-order valence-electron chi connectivity index (χ1n) is 9.10. The van der Waals surface area contributed by atoms with Gasteiger partial charge in [0.25, 0.3) is 0 Å². The summed E-state index contributed by atoms with van der Waals surface area (Å²) in [6, 6.07) is 0.927. The van der Waals surface area contributed by atoms with Crippen molar-refractivity contribution in [2.24, 2.45) is 10.4 Å². The highest BCUT2D eigenvalue weighted by atomic mass is 127. The molecular formula is C18H37IN4O. The van der Waals surface area contributed by atoms with Crippen LogP contribution in [0.1, 0.15) is 48.5 Å². The van der Waals surface area contributed by atoms with Crippen molar-refractivity contribution in [2.45, 2.75) is 66.1 Å². The van der Waals surface area contributed by atoms with E-state index in [0.29, 0.717) is 17.5 Å². The molecule has 2 heterocycles. The Hall–Kier alpha value is -0.0800. The fraction of sp³-hybridized carbons (Fsp3) is 0.944. The highest BCUT2D eigenvalue weighted by Gasteiger charge is 2.53. The van der Waals surface area contributed by atoms with E-state index in [9.17, 15) is 0 Å². The number of halogens is 1. The second kappa shape index (κ2) is 8.54. The summed E-state index contributed by atoms with van der Waals surface area (Å²) in [5.41, 5.74) is 0.469. The van der Waals surface area contributed by atoms with Crippen molar-refractivity contribution in [3.05, 3.63) is 0 Å². The maximum Gasteiger partial charge on any atom is 0.194 e. The van der Waals surface area contributed by atoms with Crippen LogP contribution in [0.25, 0.3) is 0 Å². The molecular weight excluding hydrogens is 415 g/mol. The van der Waals surface area contributed by atoms with E-state index in [1.165, 1.54) is 0 Å². The molecule has 0 radical (unpaired) electrons. The van der Waals surface area contributed by atoms with E-state index in [1.807, 2.05) is 0 Å². The molecule has 0 aromatic carbocycles. The Labute approximate surface area is 165 Å². The Morgan fingerprint density at radius 2 is 2.00 bits per heavy atom. The minimum atomic E-state index is 0. The maximum absolute atomic E-state index is 5.54. The molecule has 2 aliphatic rings. The monoisotopic (exact) mass is 452 g/mol. The third kappa shape index (κ3) is 4.36. The fourth-order valence-corrected chi connectivity index (χ4v) is 3.51. The van der Waals surface area contributed by atoms with Gasteiger partial charge in [0.05, 0.1) is 19.8 Å². The lowest BCUT2D eigenvalue weighted by Crippen LogP contribution is -2.72. The molecule has 5 nitrogen and oxygen atoms in total. The van der Waals surface area contributed by atoms with E-state index in [0.717, 1.165) is 45.4 Å². The first-order valence-corrected chi connectivity index (χ1v) is 9.10. The van der Waals surface area contributed by atoms with Gasteiger partial charge in [0.15, 0.2) is 5.96 Å². The highest BCUT2D eigenvalue weighted by molar-refractivity contribution is 14.0. The Morgan fingerprint density at radius 1 is 1.33 bits per heavy atom. The zero-order valence-corrected chi connectivity index (χ0v) is 18.9. The third-order valence-corrected chi connectivity index (χ3v) is 5.97. The van der Waals surface area contributed by atoms with Crippen molar-refractivity contribution in [2.75, 3.05) is 39.4 Å². The summed E-state index contributed by atoms with van der Waals surface area (Å²) < 4.78 is 5.54. The van der Waals surface area contributed by atoms with Crippen molar-refractivity contribution >= 4 is 29.9 Å². The number of guanidine groups is 1. The number of likely N-dealkylation sites (tertiary alicyclic amines) is 1. The number of rotatable bonds is 4. The number of aliphatic imine (C=N–C) groups is 1. The molecule has 0 spiro atoms. The van der Waals surface area contributed by atoms with E-state index < -0.39 is 0 Å². The van der Waals surface area contributed by atoms with Crippen LogP contribution in [0, 0.1) is 5.41 Å². The van der Waals surface area contributed by atoms with E-state index in [4.69, 9.17) is 9.73 Å². The predicted molar refractivity (Wildman–Crippen MR) is 112 cm³/mol. The second-order valence-electron chi connectivity index (χ2n) is 8.23. The smallest absolute Gasteiger partial charge is 0.194 e. The molecule has 1 N–H and O–H groups in total. The van der Waals surface area contributed by atoms with Gasteiger partial charge in [0.2, 0.25) is 0 Å². The van der Waals surface area contributed by atoms with Gasteiger partial charge in [-0.2, -0.15) is 0 Å². The van der Waals surface area contributed by atoms with Crippen LogP contribution in [0.4, 0.5) is 0 Å². The van der Waals surface area contributed by atoms with E-state index >= 15 is 0 Å². The van der Waals surface area contributed by atoms with Gasteiger partial charge < -0.3 is 15.0 Å². The molecule has 0 amide bonds. The van der Waals surface area contributed by atoms with Gasteiger partial charge in [-0.25, -0.2) is 0 Å². The van der Waals surface area contributed by atoms with Crippen LogP contribution in [0.15, 0.2) is 4.99 Å². The van der Waals surface area contributed by atoms with E-state index in [2.05, 4.69) is 63.6 Å². The minimum Gasteiger partial charge on any atom is -0.379 e. The van der Waals surface area contributed by atoms with Crippen molar-refractivity contribution in [3.63, 3.8) is 0 Å². The van der Waals surface area contributed by atoms with Gasteiger partial charge in [0.1, 0.15) is 0 Å². The number of hydrogen-bond acceptors (Lipinski definition) is 3. The second-order valence-corrected chi connectivity index (χ2v) is 8.23. The van der Waals surface area contributed by atoms with Gasteiger partial charge >= 0.3 is 0 Å². The fourth-order valence-electron chi connectivity index (χ4n) is 3.51. The SMILES string of the molecule is CCNC(=NCC(C)N1CCOCC1C)N1CC(C)(C)C1(C)C.I. The zero-order chi connectivity index (χ0) is 17.3.